The molecular formula is C32H50Co2O9. The van der Waals surface area contributed by atoms with Crippen LogP contribution in [-0.2, 0) is 68.2 Å². The van der Waals surface area contributed by atoms with Crippen LogP contribution in [0.5, 0.6) is 0 Å². The summed E-state index contributed by atoms with van der Waals surface area (Å²) < 4.78 is 54.5. The number of hydrogen-bond acceptors (Lipinski definition) is 9. The average Bonchev–Trinajstić information content (AvgIpc) is 3.90. The summed E-state index contributed by atoms with van der Waals surface area (Å²) in [5, 5.41) is 1.23. The third-order valence-corrected chi connectivity index (χ3v) is 15.1. The molecular weight excluding hydrogens is 646 g/mol. The summed E-state index contributed by atoms with van der Waals surface area (Å²) in [6, 6.07) is 0. The van der Waals surface area contributed by atoms with Crippen molar-refractivity contribution < 1.29 is 68.2 Å². The zero-order valence-corrected chi connectivity index (χ0v) is 27.3. The number of ether oxygens (including phenoxy) is 5. The van der Waals surface area contributed by atoms with E-state index in [0.717, 1.165) is 89.9 Å². The molecule has 0 N–H and O–H groups in total. The SMILES string of the molecule is O=C(CCCC[CH2][Co](=[O])[CH]1CC2OC2C[CH]1[Co](=[O])[CH2]CCCCC(=O)OCC1CCC2OC2C1)OCC1CCC2OC2C1. The molecule has 9 nitrogen and oxygen atoms in total. The number of carbonyl (C=O) groups excluding carboxylic acids is 2. The average molecular weight is 697 g/mol. The third kappa shape index (κ3) is 9.72. The summed E-state index contributed by atoms with van der Waals surface area (Å²) in [5.74, 6) is 0.602. The van der Waals surface area contributed by atoms with Crippen LogP contribution in [0.4, 0.5) is 0 Å². The van der Waals surface area contributed by atoms with Gasteiger partial charge in [-0.1, -0.05) is 0 Å². The van der Waals surface area contributed by atoms with Gasteiger partial charge < -0.3 is 0 Å². The van der Waals surface area contributed by atoms with Crippen molar-refractivity contribution in [1.82, 2.24) is 0 Å². The van der Waals surface area contributed by atoms with Gasteiger partial charge in [-0.15, -0.1) is 0 Å². The van der Waals surface area contributed by atoms with Crippen LogP contribution < -0.4 is 0 Å². The summed E-state index contributed by atoms with van der Waals surface area (Å²) in [6.07, 6.45) is 15.6. The Morgan fingerprint density at radius 2 is 0.953 bits per heavy atom. The molecule has 0 radical (unpaired) electrons. The first kappa shape index (κ1) is 32.4. The van der Waals surface area contributed by atoms with E-state index in [1.54, 1.807) is 0 Å². The maximum absolute atomic E-state index is 13.3. The first-order valence-electron chi connectivity index (χ1n) is 16.7. The molecule has 0 amide bonds. The molecule has 0 spiro atoms. The second-order valence-corrected chi connectivity index (χ2v) is 17.9. The zero-order chi connectivity index (χ0) is 29.8. The van der Waals surface area contributed by atoms with E-state index in [-0.39, 0.29) is 33.9 Å². The van der Waals surface area contributed by atoms with Crippen LogP contribution in [0.3, 0.4) is 0 Å². The van der Waals surface area contributed by atoms with E-state index < -0.39 is 27.2 Å². The predicted molar refractivity (Wildman–Crippen MR) is 147 cm³/mol. The topological polar surface area (TPSA) is 124 Å². The van der Waals surface area contributed by atoms with Gasteiger partial charge in [0.25, 0.3) is 0 Å². The van der Waals surface area contributed by atoms with Crippen LogP contribution in [0, 0.1) is 11.8 Å². The van der Waals surface area contributed by atoms with Crippen LogP contribution >= 0.6 is 0 Å². The van der Waals surface area contributed by atoms with Crippen molar-refractivity contribution in [2.45, 2.75) is 160 Å². The van der Waals surface area contributed by atoms with Crippen LogP contribution in [0.25, 0.3) is 0 Å². The standard InChI is InChI=1S/2C13H21O3.C6H8O.2Co.2O/c2*1-2-3-4-5-13(14)15-9-10-6-7-11-12(8-10)16-11;1-2-4-6-5(3-1)7-6;;;;/h2*10-12H,1-9H2;1-2,5-6H,3-4H2;;;;. The Balaban J connectivity index is 0.809. The molecule has 3 heterocycles. The number of fused-ring (bicyclic) bond motifs is 3. The fourth-order valence-corrected chi connectivity index (χ4v) is 12.3. The molecule has 3 aliphatic carbocycles. The predicted octanol–water partition coefficient (Wildman–Crippen LogP) is 6.23. The van der Waals surface area contributed by atoms with E-state index in [2.05, 4.69) is 0 Å². The van der Waals surface area contributed by atoms with Crippen molar-refractivity contribution in [2.75, 3.05) is 13.2 Å². The molecule has 6 aliphatic rings. The Bertz CT molecular complexity index is 945. The minimum absolute atomic E-state index is 0.0414. The van der Waals surface area contributed by atoms with Gasteiger partial charge >= 0.3 is 265 Å². The monoisotopic (exact) mass is 696 g/mol. The molecule has 0 aromatic heterocycles. The van der Waals surface area contributed by atoms with Crippen LogP contribution in [0.1, 0.15) is 103 Å². The van der Waals surface area contributed by atoms with Crippen molar-refractivity contribution in [1.29, 1.82) is 0 Å². The molecule has 43 heavy (non-hydrogen) atoms. The van der Waals surface area contributed by atoms with Gasteiger partial charge in [-0.2, -0.15) is 0 Å². The van der Waals surface area contributed by atoms with E-state index in [0.29, 0.717) is 73.0 Å². The molecule has 10 atom stereocenters. The molecule has 250 valence electrons. The second kappa shape index (κ2) is 15.3. The molecule has 3 saturated carbocycles. The minimum atomic E-state index is -1.44. The molecule has 0 aromatic rings. The van der Waals surface area contributed by atoms with E-state index in [1.807, 2.05) is 0 Å². The van der Waals surface area contributed by atoms with Gasteiger partial charge in [-0.25, -0.2) is 0 Å². The number of carbonyl (C=O) groups is 2. The number of epoxide rings is 3. The zero-order valence-electron chi connectivity index (χ0n) is 25.3. The van der Waals surface area contributed by atoms with Gasteiger partial charge in [0.1, 0.15) is 0 Å². The third-order valence-electron chi connectivity index (χ3n) is 10.0. The Morgan fingerprint density at radius 3 is 1.40 bits per heavy atom. The summed E-state index contributed by atoms with van der Waals surface area (Å²) >= 11 is -2.89. The molecule has 3 aliphatic heterocycles. The Hall–Kier alpha value is -0.567. The van der Waals surface area contributed by atoms with Crippen LogP contribution in [0.2, 0.25) is 20.4 Å². The number of rotatable bonds is 18. The van der Waals surface area contributed by atoms with E-state index >= 15 is 0 Å². The Kier molecular flexibility index (Phi) is 11.6. The van der Waals surface area contributed by atoms with Crippen molar-refractivity contribution in [2.24, 2.45) is 11.8 Å². The van der Waals surface area contributed by atoms with Gasteiger partial charge in [0.15, 0.2) is 0 Å². The van der Waals surface area contributed by atoms with Gasteiger partial charge in [0, 0.05) is 0 Å². The van der Waals surface area contributed by atoms with Gasteiger partial charge in [-0.3, -0.25) is 0 Å². The van der Waals surface area contributed by atoms with Crippen molar-refractivity contribution >= 4 is 11.9 Å². The van der Waals surface area contributed by atoms with Gasteiger partial charge in [0.05, 0.1) is 0 Å². The van der Waals surface area contributed by atoms with E-state index in [4.69, 9.17) is 23.7 Å². The first-order valence-corrected chi connectivity index (χ1v) is 20.2. The Morgan fingerprint density at radius 1 is 0.535 bits per heavy atom. The summed E-state index contributed by atoms with van der Waals surface area (Å²) in [5.41, 5.74) is 0. The van der Waals surface area contributed by atoms with Crippen molar-refractivity contribution in [3.05, 3.63) is 0 Å². The van der Waals surface area contributed by atoms with Crippen molar-refractivity contribution in [3.8, 4) is 0 Å². The van der Waals surface area contributed by atoms with Gasteiger partial charge in [0.2, 0.25) is 0 Å². The summed E-state index contributed by atoms with van der Waals surface area (Å²) in [6.45, 7) is 1.01. The van der Waals surface area contributed by atoms with Crippen LogP contribution in [0.15, 0.2) is 0 Å². The molecule has 0 aromatic carbocycles. The molecule has 10 unspecified atom stereocenters. The number of hydrogen-bond donors (Lipinski definition) is 0. The number of unbranched alkanes of at least 4 members (excludes halogenated alkanes) is 4. The van der Waals surface area contributed by atoms with E-state index in [9.17, 15) is 17.3 Å². The molecule has 3 saturated heterocycles. The molecule has 6 rings (SSSR count). The van der Waals surface area contributed by atoms with Crippen molar-refractivity contribution in [3.63, 3.8) is 0 Å². The fourth-order valence-electron chi connectivity index (χ4n) is 7.11. The quantitative estimate of drug-likeness (QED) is 0.0932. The normalized spacial score (nSPS) is 37.7. The summed E-state index contributed by atoms with van der Waals surface area (Å²) in [7, 11) is 0. The van der Waals surface area contributed by atoms with Crippen LogP contribution in [-0.4, -0.2) is 61.8 Å². The first-order chi connectivity index (χ1) is 20.9. The summed E-state index contributed by atoms with van der Waals surface area (Å²) in [4.78, 5) is 24.2. The molecule has 0 bridgehead atoms. The molecule has 6 fully saturated rings. The van der Waals surface area contributed by atoms with E-state index in [1.165, 1.54) is 0 Å². The maximum atomic E-state index is 13.3. The van der Waals surface area contributed by atoms with Gasteiger partial charge in [-0.05, 0) is 0 Å². The molecule has 11 heteroatoms. The number of esters is 2. The fraction of sp³-hybridized carbons (Fsp3) is 0.938. The Labute approximate surface area is 264 Å². The second-order valence-electron chi connectivity index (χ2n) is 13.4.